The lowest BCUT2D eigenvalue weighted by molar-refractivity contribution is -0.142. The van der Waals surface area contributed by atoms with Crippen LogP contribution in [0.25, 0.3) is 0 Å². The molecule has 2 aromatic carbocycles. The Kier molecular flexibility index (Phi) is 5.74. The summed E-state index contributed by atoms with van der Waals surface area (Å²) in [6.07, 6.45) is -0.426. The van der Waals surface area contributed by atoms with Gasteiger partial charge in [0.25, 0.3) is 0 Å². The van der Waals surface area contributed by atoms with Crippen molar-refractivity contribution in [2.24, 2.45) is 0 Å². The van der Waals surface area contributed by atoms with Gasteiger partial charge in [0.15, 0.2) is 0 Å². The van der Waals surface area contributed by atoms with Gasteiger partial charge < -0.3 is 9.84 Å². The number of aliphatic carboxylic acids is 1. The van der Waals surface area contributed by atoms with Crippen LogP contribution in [0.1, 0.15) is 11.1 Å². The highest BCUT2D eigenvalue weighted by Crippen LogP contribution is 2.11. The largest absolute Gasteiger partial charge is 0.480 e. The Morgan fingerprint density at radius 3 is 2.04 bits per heavy atom. The number of hydrogen-bond donors (Lipinski definition) is 1. The van der Waals surface area contributed by atoms with Crippen molar-refractivity contribution < 1.29 is 19.4 Å². The SMILES string of the molecule is CN(C(=O)OCc1ccccc1)[C@H](Cc1ccccc1)C(=O)O. The summed E-state index contributed by atoms with van der Waals surface area (Å²) in [5.41, 5.74) is 1.70. The first-order valence-corrected chi connectivity index (χ1v) is 7.28. The van der Waals surface area contributed by atoms with E-state index >= 15 is 0 Å². The van der Waals surface area contributed by atoms with Crippen LogP contribution in [-0.2, 0) is 22.6 Å². The zero-order valence-electron chi connectivity index (χ0n) is 12.9. The lowest BCUT2D eigenvalue weighted by atomic mass is 10.1. The van der Waals surface area contributed by atoms with Crippen LogP contribution >= 0.6 is 0 Å². The van der Waals surface area contributed by atoms with E-state index < -0.39 is 18.1 Å². The molecule has 0 heterocycles. The Morgan fingerprint density at radius 1 is 1.00 bits per heavy atom. The summed E-state index contributed by atoms with van der Waals surface area (Å²) < 4.78 is 5.18. The Bertz CT molecular complexity index is 643. The number of ether oxygens (including phenoxy) is 1. The molecule has 120 valence electrons. The van der Waals surface area contributed by atoms with Crippen molar-refractivity contribution in [2.45, 2.75) is 19.1 Å². The second-order valence-corrected chi connectivity index (χ2v) is 5.19. The summed E-state index contributed by atoms with van der Waals surface area (Å²) in [5, 5.41) is 9.39. The first-order chi connectivity index (χ1) is 11.1. The third-order valence-electron chi connectivity index (χ3n) is 3.52. The first kappa shape index (κ1) is 16.5. The number of carboxylic acids is 1. The molecule has 1 N–H and O–H groups in total. The number of rotatable bonds is 6. The second-order valence-electron chi connectivity index (χ2n) is 5.19. The molecule has 0 radical (unpaired) electrons. The molecular formula is C18H19NO4. The fraction of sp³-hybridized carbons (Fsp3) is 0.222. The normalized spacial score (nSPS) is 11.5. The van der Waals surface area contributed by atoms with Gasteiger partial charge in [-0.15, -0.1) is 0 Å². The van der Waals surface area contributed by atoms with Gasteiger partial charge in [0.2, 0.25) is 0 Å². The molecule has 1 atom stereocenters. The predicted octanol–water partition coefficient (Wildman–Crippen LogP) is 2.95. The van der Waals surface area contributed by atoms with Crippen molar-refractivity contribution in [3.05, 3.63) is 71.8 Å². The van der Waals surface area contributed by atoms with Crippen molar-refractivity contribution in [2.75, 3.05) is 7.05 Å². The summed E-state index contributed by atoms with van der Waals surface area (Å²) in [7, 11) is 1.44. The van der Waals surface area contributed by atoms with Gasteiger partial charge in [-0.2, -0.15) is 0 Å². The highest BCUT2D eigenvalue weighted by molar-refractivity contribution is 5.80. The lowest BCUT2D eigenvalue weighted by Gasteiger charge is -2.24. The molecule has 0 spiro atoms. The average molecular weight is 313 g/mol. The number of carboxylic acid groups (broad SMARTS) is 1. The molecule has 2 aromatic rings. The van der Waals surface area contributed by atoms with Crippen molar-refractivity contribution in [3.8, 4) is 0 Å². The third kappa shape index (κ3) is 4.85. The molecule has 0 saturated carbocycles. The maximum atomic E-state index is 12.1. The van der Waals surface area contributed by atoms with Gasteiger partial charge in [-0.05, 0) is 11.1 Å². The van der Waals surface area contributed by atoms with E-state index in [0.29, 0.717) is 0 Å². The minimum atomic E-state index is -1.06. The van der Waals surface area contributed by atoms with E-state index in [0.717, 1.165) is 16.0 Å². The van der Waals surface area contributed by atoms with Crippen LogP contribution in [0.4, 0.5) is 4.79 Å². The van der Waals surface area contributed by atoms with E-state index in [1.807, 2.05) is 60.7 Å². The molecule has 0 aliphatic rings. The highest BCUT2D eigenvalue weighted by atomic mass is 16.6. The fourth-order valence-electron chi connectivity index (χ4n) is 2.18. The summed E-state index contributed by atoms with van der Waals surface area (Å²) >= 11 is 0. The number of likely N-dealkylation sites (N-methyl/N-ethyl adjacent to an activating group) is 1. The van der Waals surface area contributed by atoms with Gasteiger partial charge in [-0.3, -0.25) is 4.90 Å². The number of amides is 1. The standard InChI is InChI=1S/C18H19NO4/c1-19(18(22)23-13-15-10-6-3-7-11-15)16(17(20)21)12-14-8-4-2-5-9-14/h2-11,16H,12-13H2,1H3,(H,20,21)/t16-/m1/s1. The topological polar surface area (TPSA) is 66.8 Å². The van der Waals surface area contributed by atoms with E-state index in [-0.39, 0.29) is 13.0 Å². The lowest BCUT2D eigenvalue weighted by Crippen LogP contribution is -2.44. The number of benzene rings is 2. The summed E-state index contributed by atoms with van der Waals surface area (Å²) in [6.45, 7) is 0.113. The Hall–Kier alpha value is -2.82. The maximum Gasteiger partial charge on any atom is 0.410 e. The second kappa shape index (κ2) is 7.98. The average Bonchev–Trinajstić information content (AvgIpc) is 2.58. The predicted molar refractivity (Wildman–Crippen MR) is 86.0 cm³/mol. The smallest absolute Gasteiger partial charge is 0.410 e. The molecule has 5 heteroatoms. The molecule has 2 rings (SSSR count). The van der Waals surface area contributed by atoms with E-state index in [4.69, 9.17) is 4.74 Å². The summed E-state index contributed by atoms with van der Waals surface area (Å²) in [4.78, 5) is 24.7. The van der Waals surface area contributed by atoms with Gasteiger partial charge in [-0.1, -0.05) is 60.7 Å². The van der Waals surface area contributed by atoms with Crippen molar-refractivity contribution in [1.29, 1.82) is 0 Å². The number of hydrogen-bond acceptors (Lipinski definition) is 3. The van der Waals surface area contributed by atoms with Crippen molar-refractivity contribution in [3.63, 3.8) is 0 Å². The Morgan fingerprint density at radius 2 is 1.52 bits per heavy atom. The van der Waals surface area contributed by atoms with Crippen LogP contribution < -0.4 is 0 Å². The molecule has 23 heavy (non-hydrogen) atoms. The van der Waals surface area contributed by atoms with Gasteiger partial charge in [-0.25, -0.2) is 9.59 Å². The van der Waals surface area contributed by atoms with Crippen LogP contribution in [0.15, 0.2) is 60.7 Å². The zero-order valence-corrected chi connectivity index (χ0v) is 12.9. The molecular weight excluding hydrogens is 294 g/mol. The molecule has 0 aliphatic heterocycles. The van der Waals surface area contributed by atoms with Gasteiger partial charge in [0.1, 0.15) is 12.6 Å². The molecule has 0 aromatic heterocycles. The molecule has 0 bridgehead atoms. The number of nitrogens with zero attached hydrogens (tertiary/aromatic N) is 1. The van der Waals surface area contributed by atoms with E-state index in [2.05, 4.69) is 0 Å². The fourth-order valence-corrected chi connectivity index (χ4v) is 2.18. The van der Waals surface area contributed by atoms with Crippen LogP contribution in [0.3, 0.4) is 0 Å². The van der Waals surface area contributed by atoms with E-state index in [9.17, 15) is 14.7 Å². The maximum absolute atomic E-state index is 12.1. The molecule has 1 amide bonds. The Balaban J connectivity index is 1.98. The van der Waals surface area contributed by atoms with Crippen LogP contribution in [0, 0.1) is 0 Å². The van der Waals surface area contributed by atoms with Crippen molar-refractivity contribution >= 4 is 12.1 Å². The van der Waals surface area contributed by atoms with Crippen LogP contribution in [0.5, 0.6) is 0 Å². The monoisotopic (exact) mass is 313 g/mol. The first-order valence-electron chi connectivity index (χ1n) is 7.28. The molecule has 5 nitrogen and oxygen atoms in total. The summed E-state index contributed by atoms with van der Waals surface area (Å²) in [5.74, 6) is -1.06. The zero-order chi connectivity index (χ0) is 16.7. The molecule has 0 saturated heterocycles. The minimum absolute atomic E-state index is 0.113. The van der Waals surface area contributed by atoms with Gasteiger partial charge in [0.05, 0.1) is 0 Å². The van der Waals surface area contributed by atoms with Gasteiger partial charge in [0, 0.05) is 13.5 Å². The molecule has 0 unspecified atom stereocenters. The highest BCUT2D eigenvalue weighted by Gasteiger charge is 2.27. The molecule has 0 fully saturated rings. The number of carbonyl (C=O) groups excluding carboxylic acids is 1. The quantitative estimate of drug-likeness (QED) is 0.890. The van der Waals surface area contributed by atoms with Crippen LogP contribution in [0.2, 0.25) is 0 Å². The van der Waals surface area contributed by atoms with Gasteiger partial charge >= 0.3 is 12.1 Å². The van der Waals surface area contributed by atoms with Crippen molar-refractivity contribution in [1.82, 2.24) is 4.90 Å². The Labute approximate surface area is 135 Å². The van der Waals surface area contributed by atoms with E-state index in [1.165, 1.54) is 7.05 Å². The minimum Gasteiger partial charge on any atom is -0.480 e. The molecule has 0 aliphatic carbocycles. The number of carbonyl (C=O) groups is 2. The van der Waals surface area contributed by atoms with Crippen LogP contribution in [-0.4, -0.2) is 35.2 Å². The van der Waals surface area contributed by atoms with E-state index in [1.54, 1.807) is 0 Å². The third-order valence-corrected chi connectivity index (χ3v) is 3.52. The summed E-state index contributed by atoms with van der Waals surface area (Å²) in [6, 6.07) is 17.5.